The molecule has 0 bridgehead atoms. The van der Waals surface area contributed by atoms with E-state index in [1.807, 2.05) is 4.90 Å². The van der Waals surface area contributed by atoms with Crippen LogP contribution in [0.2, 0.25) is 0 Å². The lowest BCUT2D eigenvalue weighted by Crippen LogP contribution is -2.24. The third-order valence-corrected chi connectivity index (χ3v) is 5.82. The van der Waals surface area contributed by atoms with Crippen molar-refractivity contribution in [2.24, 2.45) is 0 Å². The number of halogens is 3. The zero-order chi connectivity index (χ0) is 21.3. The van der Waals surface area contributed by atoms with E-state index in [9.17, 15) is 22.8 Å². The van der Waals surface area contributed by atoms with E-state index < -0.39 is 11.7 Å². The van der Waals surface area contributed by atoms with Crippen LogP contribution in [0, 0.1) is 0 Å². The highest BCUT2D eigenvalue weighted by molar-refractivity contribution is 6.03. The highest BCUT2D eigenvalue weighted by atomic mass is 19.4. The molecule has 1 saturated heterocycles. The van der Waals surface area contributed by atoms with Crippen LogP contribution in [-0.2, 0) is 6.18 Å². The fourth-order valence-corrected chi connectivity index (χ4v) is 4.24. The van der Waals surface area contributed by atoms with Crippen LogP contribution in [0.5, 0.6) is 5.75 Å². The summed E-state index contributed by atoms with van der Waals surface area (Å²) in [7, 11) is 0. The molecule has 158 valence electrons. The first-order chi connectivity index (χ1) is 14.3. The van der Waals surface area contributed by atoms with E-state index in [1.165, 1.54) is 6.07 Å². The highest BCUT2D eigenvalue weighted by Crippen LogP contribution is 2.38. The van der Waals surface area contributed by atoms with E-state index in [1.54, 1.807) is 30.3 Å². The van der Waals surface area contributed by atoms with Crippen LogP contribution in [0.15, 0.2) is 42.5 Å². The molecule has 1 fully saturated rings. The van der Waals surface area contributed by atoms with Gasteiger partial charge in [0.15, 0.2) is 11.6 Å². The SMILES string of the molecule is O=C(CCN1CCC(c2ccccc2C(F)(F)F)C1)c1ccc2c(c1)C(=O)CCO2. The van der Waals surface area contributed by atoms with Gasteiger partial charge in [-0.1, -0.05) is 18.2 Å². The topological polar surface area (TPSA) is 46.6 Å². The number of carbonyl (C=O) groups is 2. The molecule has 0 spiro atoms. The second kappa shape index (κ2) is 8.22. The quantitative estimate of drug-likeness (QED) is 0.660. The van der Waals surface area contributed by atoms with Gasteiger partial charge in [0, 0.05) is 31.5 Å². The molecule has 4 rings (SSSR count). The van der Waals surface area contributed by atoms with Crippen LogP contribution >= 0.6 is 0 Å². The molecular weight excluding hydrogens is 395 g/mol. The van der Waals surface area contributed by atoms with Crippen molar-refractivity contribution < 1.29 is 27.5 Å². The van der Waals surface area contributed by atoms with Crippen molar-refractivity contribution in [2.45, 2.75) is 31.4 Å². The summed E-state index contributed by atoms with van der Waals surface area (Å²) in [6.07, 6.45) is -3.18. The Labute approximate surface area is 172 Å². The minimum atomic E-state index is -4.37. The molecule has 2 heterocycles. The maximum atomic E-state index is 13.3. The van der Waals surface area contributed by atoms with E-state index in [0.29, 0.717) is 61.5 Å². The average Bonchev–Trinajstić information content (AvgIpc) is 3.20. The van der Waals surface area contributed by atoms with Gasteiger partial charge in [-0.25, -0.2) is 0 Å². The Morgan fingerprint density at radius 2 is 1.97 bits per heavy atom. The van der Waals surface area contributed by atoms with Gasteiger partial charge < -0.3 is 9.64 Å². The van der Waals surface area contributed by atoms with Gasteiger partial charge in [-0.2, -0.15) is 13.2 Å². The number of benzene rings is 2. The van der Waals surface area contributed by atoms with Gasteiger partial charge in [-0.15, -0.1) is 0 Å². The molecule has 1 atom stereocenters. The molecule has 0 aliphatic carbocycles. The average molecular weight is 417 g/mol. The first kappa shape index (κ1) is 20.6. The smallest absolute Gasteiger partial charge is 0.416 e. The molecule has 0 aromatic heterocycles. The lowest BCUT2D eigenvalue weighted by Gasteiger charge is -2.19. The maximum Gasteiger partial charge on any atom is 0.416 e. The van der Waals surface area contributed by atoms with Gasteiger partial charge in [-0.05, 0) is 48.7 Å². The molecule has 7 heteroatoms. The molecule has 2 aromatic rings. The van der Waals surface area contributed by atoms with Crippen molar-refractivity contribution in [3.63, 3.8) is 0 Å². The Hall–Kier alpha value is -2.67. The summed E-state index contributed by atoms with van der Waals surface area (Å²) in [6, 6.07) is 10.6. The summed E-state index contributed by atoms with van der Waals surface area (Å²) < 4.78 is 45.3. The predicted octanol–water partition coefficient (Wildman–Crippen LogP) is 4.73. The second-order valence-corrected chi connectivity index (χ2v) is 7.78. The van der Waals surface area contributed by atoms with E-state index >= 15 is 0 Å². The van der Waals surface area contributed by atoms with Crippen LogP contribution in [0.25, 0.3) is 0 Å². The minimum Gasteiger partial charge on any atom is -0.492 e. The summed E-state index contributed by atoms with van der Waals surface area (Å²) in [5.74, 6) is 0.192. The molecule has 4 nitrogen and oxygen atoms in total. The van der Waals surface area contributed by atoms with Gasteiger partial charge in [0.25, 0.3) is 0 Å². The van der Waals surface area contributed by atoms with Crippen LogP contribution in [0.3, 0.4) is 0 Å². The van der Waals surface area contributed by atoms with Gasteiger partial charge >= 0.3 is 6.18 Å². The van der Waals surface area contributed by atoms with E-state index in [2.05, 4.69) is 0 Å². The number of likely N-dealkylation sites (tertiary alicyclic amines) is 1. The lowest BCUT2D eigenvalue weighted by molar-refractivity contribution is -0.138. The molecule has 0 amide bonds. The molecule has 1 unspecified atom stereocenters. The highest BCUT2D eigenvalue weighted by Gasteiger charge is 2.36. The monoisotopic (exact) mass is 417 g/mol. The van der Waals surface area contributed by atoms with E-state index in [-0.39, 0.29) is 23.9 Å². The van der Waals surface area contributed by atoms with Crippen LogP contribution in [0.1, 0.15) is 57.0 Å². The summed E-state index contributed by atoms with van der Waals surface area (Å²) >= 11 is 0. The molecular formula is C23H22F3NO3. The fraction of sp³-hybridized carbons (Fsp3) is 0.391. The Balaban J connectivity index is 1.38. The summed E-state index contributed by atoms with van der Waals surface area (Å²) in [5, 5.41) is 0. The Bertz CT molecular complexity index is 970. The van der Waals surface area contributed by atoms with Crippen molar-refractivity contribution in [1.29, 1.82) is 0 Å². The number of ether oxygens (including phenoxy) is 1. The van der Waals surface area contributed by atoms with Crippen LogP contribution < -0.4 is 4.74 Å². The Morgan fingerprint density at radius 1 is 1.17 bits per heavy atom. The molecule has 0 N–H and O–H groups in total. The Kier molecular flexibility index (Phi) is 5.64. The fourth-order valence-electron chi connectivity index (χ4n) is 4.24. The Morgan fingerprint density at radius 3 is 2.77 bits per heavy atom. The van der Waals surface area contributed by atoms with Gasteiger partial charge in [0.2, 0.25) is 0 Å². The number of hydrogen-bond acceptors (Lipinski definition) is 4. The lowest BCUT2D eigenvalue weighted by atomic mass is 9.93. The number of hydrogen-bond donors (Lipinski definition) is 0. The van der Waals surface area contributed by atoms with Crippen molar-refractivity contribution in [3.8, 4) is 5.75 Å². The first-order valence-corrected chi connectivity index (χ1v) is 10.0. The third kappa shape index (κ3) is 4.26. The number of fused-ring (bicyclic) bond motifs is 1. The van der Waals surface area contributed by atoms with Crippen molar-refractivity contribution in [1.82, 2.24) is 4.90 Å². The van der Waals surface area contributed by atoms with Gasteiger partial charge in [0.1, 0.15) is 5.75 Å². The van der Waals surface area contributed by atoms with E-state index in [4.69, 9.17) is 4.74 Å². The zero-order valence-electron chi connectivity index (χ0n) is 16.4. The number of ketones is 2. The number of Topliss-reactive ketones (excluding diaryl/α,β-unsaturated/α-hetero) is 2. The van der Waals surface area contributed by atoms with Crippen molar-refractivity contribution in [3.05, 3.63) is 64.7 Å². The number of nitrogens with zero attached hydrogens (tertiary/aromatic N) is 1. The normalized spacial score (nSPS) is 19.4. The molecule has 2 aromatic carbocycles. The minimum absolute atomic E-state index is 0.0309. The third-order valence-electron chi connectivity index (χ3n) is 5.82. The number of rotatable bonds is 5. The van der Waals surface area contributed by atoms with Gasteiger partial charge in [0.05, 0.1) is 17.7 Å². The van der Waals surface area contributed by atoms with Gasteiger partial charge in [-0.3, -0.25) is 9.59 Å². The molecule has 0 saturated carbocycles. The standard InChI is InChI=1S/C23H22F3NO3/c24-23(25,26)19-4-2-1-3-17(19)16-7-10-27(14-16)11-8-20(28)15-5-6-22-18(13-15)21(29)9-12-30-22/h1-6,13,16H,7-12,14H2. The van der Waals surface area contributed by atoms with E-state index in [0.717, 1.165) is 6.07 Å². The first-order valence-electron chi connectivity index (χ1n) is 10.0. The van der Waals surface area contributed by atoms with Crippen molar-refractivity contribution in [2.75, 3.05) is 26.2 Å². The summed E-state index contributed by atoms with van der Waals surface area (Å²) in [6.45, 7) is 1.98. The summed E-state index contributed by atoms with van der Waals surface area (Å²) in [4.78, 5) is 26.7. The maximum absolute atomic E-state index is 13.3. The summed E-state index contributed by atoms with van der Waals surface area (Å²) in [5.41, 5.74) is 0.656. The van der Waals surface area contributed by atoms with Crippen molar-refractivity contribution >= 4 is 11.6 Å². The molecule has 2 aliphatic heterocycles. The zero-order valence-corrected chi connectivity index (χ0v) is 16.4. The van der Waals surface area contributed by atoms with Crippen LogP contribution in [0.4, 0.5) is 13.2 Å². The predicted molar refractivity (Wildman–Crippen MR) is 105 cm³/mol. The number of alkyl halides is 3. The molecule has 2 aliphatic rings. The molecule has 0 radical (unpaired) electrons. The largest absolute Gasteiger partial charge is 0.492 e. The molecule has 30 heavy (non-hydrogen) atoms. The number of carbonyl (C=O) groups excluding carboxylic acids is 2. The van der Waals surface area contributed by atoms with Crippen LogP contribution in [-0.4, -0.2) is 42.7 Å². The second-order valence-electron chi connectivity index (χ2n) is 7.78.